The van der Waals surface area contributed by atoms with Crippen LogP contribution < -0.4 is 16.0 Å². The third-order valence-electron chi connectivity index (χ3n) is 6.23. The molecule has 2 aliphatic carbocycles. The maximum absolute atomic E-state index is 14.2. The van der Waals surface area contributed by atoms with Crippen LogP contribution in [0.15, 0.2) is 30.5 Å². The zero-order valence-corrected chi connectivity index (χ0v) is 18.9. The molecule has 5 nitrogen and oxygen atoms in total. The predicted molar refractivity (Wildman–Crippen MR) is 125 cm³/mol. The molecule has 7 heteroatoms. The van der Waals surface area contributed by atoms with E-state index in [0.717, 1.165) is 62.3 Å². The number of methoxy groups -OCH3 is 1. The molecule has 0 bridgehead atoms. The lowest BCUT2D eigenvalue weighted by atomic mass is 9.91. The van der Waals surface area contributed by atoms with Gasteiger partial charge in [-0.25, -0.2) is 9.37 Å². The van der Waals surface area contributed by atoms with Gasteiger partial charge in [0.2, 0.25) is 0 Å². The second-order valence-corrected chi connectivity index (χ2v) is 9.12. The van der Waals surface area contributed by atoms with E-state index in [0.29, 0.717) is 28.7 Å². The normalized spacial score (nSPS) is 21.1. The minimum atomic E-state index is -0.233. The molecule has 4 rings (SSSR count). The highest BCUT2D eigenvalue weighted by atomic mass is 35.5. The van der Waals surface area contributed by atoms with Crippen molar-refractivity contribution in [2.45, 2.75) is 50.6 Å². The lowest BCUT2D eigenvalue weighted by Crippen LogP contribution is -2.38. The van der Waals surface area contributed by atoms with Gasteiger partial charge < -0.3 is 20.7 Å². The topological polar surface area (TPSA) is 58.2 Å². The van der Waals surface area contributed by atoms with E-state index in [1.165, 1.54) is 18.9 Å². The van der Waals surface area contributed by atoms with Crippen molar-refractivity contribution in [1.82, 2.24) is 10.3 Å². The molecule has 1 aromatic carbocycles. The molecule has 168 valence electrons. The van der Waals surface area contributed by atoms with Crippen LogP contribution in [0.1, 0.15) is 38.5 Å². The summed E-state index contributed by atoms with van der Waals surface area (Å²) in [7, 11) is 1.73. The van der Waals surface area contributed by atoms with Gasteiger partial charge in [-0.05, 0) is 68.2 Å². The summed E-state index contributed by atoms with van der Waals surface area (Å²) >= 11 is 6.46. The Morgan fingerprint density at radius 3 is 2.61 bits per heavy atom. The van der Waals surface area contributed by atoms with E-state index >= 15 is 0 Å². The number of hydrogen-bond acceptors (Lipinski definition) is 5. The molecule has 2 fully saturated rings. The third-order valence-corrected chi connectivity index (χ3v) is 6.53. The van der Waals surface area contributed by atoms with Crippen molar-refractivity contribution in [3.05, 3.63) is 41.3 Å². The fourth-order valence-corrected chi connectivity index (χ4v) is 4.37. The lowest BCUT2D eigenvalue weighted by Gasteiger charge is -2.30. The average Bonchev–Trinajstić information content (AvgIpc) is 3.61. The molecule has 2 aromatic rings. The number of pyridine rings is 1. The first-order valence-electron chi connectivity index (χ1n) is 11.3. The summed E-state index contributed by atoms with van der Waals surface area (Å²) in [5, 5.41) is 10.9. The van der Waals surface area contributed by atoms with Crippen molar-refractivity contribution in [2.75, 3.05) is 37.4 Å². The molecule has 0 saturated heterocycles. The first-order valence-corrected chi connectivity index (χ1v) is 11.7. The summed E-state index contributed by atoms with van der Waals surface area (Å²) in [5.74, 6) is 1.25. The predicted octanol–water partition coefficient (Wildman–Crippen LogP) is 5.32. The first kappa shape index (κ1) is 22.3. The Labute approximate surface area is 189 Å². The second-order valence-electron chi connectivity index (χ2n) is 8.71. The van der Waals surface area contributed by atoms with Crippen molar-refractivity contribution < 1.29 is 9.13 Å². The van der Waals surface area contributed by atoms with Crippen LogP contribution in [-0.4, -0.2) is 43.9 Å². The largest absolute Gasteiger partial charge is 0.383 e. The van der Waals surface area contributed by atoms with E-state index in [9.17, 15) is 4.39 Å². The standard InChI is InChI=1S/C24H32ClFN4O/c1-31-11-10-27-18-5-7-19(8-6-18)30-24-13-20(21(25)15-29-24)17-4-9-22(26)23(12-17)28-14-16-2-3-16/h4,9,12-13,15-16,18-19,27-28H,2-3,5-8,10-11,14H2,1H3,(H,29,30)/t18-,19-. The summed E-state index contributed by atoms with van der Waals surface area (Å²) < 4.78 is 19.4. The molecule has 0 atom stereocenters. The Kier molecular flexibility index (Phi) is 7.64. The quantitative estimate of drug-likeness (QED) is 0.431. The molecule has 1 aromatic heterocycles. The minimum Gasteiger partial charge on any atom is -0.383 e. The molecule has 2 saturated carbocycles. The highest BCUT2D eigenvalue weighted by Crippen LogP contribution is 2.34. The van der Waals surface area contributed by atoms with E-state index in [-0.39, 0.29) is 5.82 Å². The number of halogens is 2. The van der Waals surface area contributed by atoms with E-state index < -0.39 is 0 Å². The van der Waals surface area contributed by atoms with E-state index in [1.54, 1.807) is 19.4 Å². The molecule has 0 radical (unpaired) electrons. The van der Waals surface area contributed by atoms with Gasteiger partial charge in [-0.3, -0.25) is 0 Å². The Morgan fingerprint density at radius 1 is 1.10 bits per heavy atom. The Balaban J connectivity index is 1.39. The zero-order valence-electron chi connectivity index (χ0n) is 18.1. The molecule has 1 heterocycles. The zero-order chi connectivity index (χ0) is 21.6. The van der Waals surface area contributed by atoms with Gasteiger partial charge in [0.05, 0.1) is 17.3 Å². The van der Waals surface area contributed by atoms with Gasteiger partial charge >= 0.3 is 0 Å². The van der Waals surface area contributed by atoms with Crippen LogP contribution in [0.3, 0.4) is 0 Å². The molecular formula is C24H32ClFN4O. The van der Waals surface area contributed by atoms with Crippen molar-refractivity contribution in [3.63, 3.8) is 0 Å². The van der Waals surface area contributed by atoms with Gasteiger partial charge in [-0.2, -0.15) is 0 Å². The van der Waals surface area contributed by atoms with Crippen molar-refractivity contribution in [3.8, 4) is 11.1 Å². The second kappa shape index (κ2) is 10.6. The van der Waals surface area contributed by atoms with E-state index in [2.05, 4.69) is 20.9 Å². The molecule has 0 spiro atoms. The molecular weight excluding hydrogens is 415 g/mol. The average molecular weight is 447 g/mol. The van der Waals surface area contributed by atoms with Crippen LogP contribution in [0.2, 0.25) is 5.02 Å². The van der Waals surface area contributed by atoms with Crippen molar-refractivity contribution in [1.29, 1.82) is 0 Å². The summed E-state index contributed by atoms with van der Waals surface area (Å²) in [6, 6.07) is 8.06. The van der Waals surface area contributed by atoms with Crippen molar-refractivity contribution in [2.24, 2.45) is 5.92 Å². The number of benzene rings is 1. The fourth-order valence-electron chi connectivity index (χ4n) is 4.16. The summed E-state index contributed by atoms with van der Waals surface area (Å²) in [5.41, 5.74) is 2.29. The van der Waals surface area contributed by atoms with Gasteiger partial charge in [0.25, 0.3) is 0 Å². The smallest absolute Gasteiger partial charge is 0.146 e. The number of nitrogens with zero attached hydrogens (tertiary/aromatic N) is 1. The molecule has 3 N–H and O–H groups in total. The molecule has 2 aliphatic rings. The van der Waals surface area contributed by atoms with Gasteiger partial charge in [0.15, 0.2) is 0 Å². The van der Waals surface area contributed by atoms with Crippen LogP contribution >= 0.6 is 11.6 Å². The third kappa shape index (κ3) is 6.31. The van der Waals surface area contributed by atoms with Crippen LogP contribution in [0.25, 0.3) is 11.1 Å². The summed E-state index contributed by atoms with van der Waals surface area (Å²) in [6.45, 7) is 2.47. The molecule has 0 unspecified atom stereocenters. The highest BCUT2D eigenvalue weighted by molar-refractivity contribution is 6.33. The van der Waals surface area contributed by atoms with Gasteiger partial charge in [-0.15, -0.1) is 0 Å². The monoisotopic (exact) mass is 446 g/mol. The Morgan fingerprint density at radius 2 is 1.87 bits per heavy atom. The number of rotatable bonds is 10. The number of aromatic nitrogens is 1. The highest BCUT2D eigenvalue weighted by Gasteiger charge is 2.22. The minimum absolute atomic E-state index is 0.233. The Bertz CT molecular complexity index is 869. The Hall–Kier alpha value is -1.89. The van der Waals surface area contributed by atoms with Crippen LogP contribution in [-0.2, 0) is 4.74 Å². The molecule has 31 heavy (non-hydrogen) atoms. The SMILES string of the molecule is COCCN[C@H]1CC[C@H](Nc2cc(-c3ccc(F)c(NCC4CC4)c3)c(Cl)cn2)CC1. The maximum atomic E-state index is 14.2. The van der Waals surface area contributed by atoms with E-state index in [4.69, 9.17) is 16.3 Å². The summed E-state index contributed by atoms with van der Waals surface area (Å²) in [6.07, 6.45) is 8.59. The summed E-state index contributed by atoms with van der Waals surface area (Å²) in [4.78, 5) is 4.48. The van der Waals surface area contributed by atoms with Crippen LogP contribution in [0.5, 0.6) is 0 Å². The number of ether oxygens (including phenoxy) is 1. The van der Waals surface area contributed by atoms with Gasteiger partial charge in [0, 0.05) is 44.0 Å². The number of anilines is 2. The van der Waals surface area contributed by atoms with Crippen LogP contribution in [0, 0.1) is 11.7 Å². The number of nitrogens with one attached hydrogen (secondary N) is 3. The first-order chi connectivity index (χ1) is 15.1. The fraction of sp³-hybridized carbons (Fsp3) is 0.542. The van der Waals surface area contributed by atoms with E-state index in [1.807, 2.05) is 12.1 Å². The lowest BCUT2D eigenvalue weighted by molar-refractivity contribution is 0.191. The molecule has 0 aliphatic heterocycles. The van der Waals surface area contributed by atoms with Gasteiger partial charge in [0.1, 0.15) is 11.6 Å². The van der Waals surface area contributed by atoms with Crippen molar-refractivity contribution >= 4 is 23.1 Å². The molecule has 0 amide bonds. The van der Waals surface area contributed by atoms with Crippen LogP contribution in [0.4, 0.5) is 15.9 Å². The maximum Gasteiger partial charge on any atom is 0.146 e. The van der Waals surface area contributed by atoms with Gasteiger partial charge in [-0.1, -0.05) is 17.7 Å². The number of hydrogen-bond donors (Lipinski definition) is 3.